The van der Waals surface area contributed by atoms with Gasteiger partial charge in [-0.2, -0.15) is 37.9 Å². The fourth-order valence-electron chi connectivity index (χ4n) is 3.85. The van der Waals surface area contributed by atoms with E-state index >= 15 is 0 Å². The molecule has 1 rings (SSSR count). The molecule has 0 heterocycles. The molecular weight excluding hydrogens is 348 g/mol. The van der Waals surface area contributed by atoms with Crippen molar-refractivity contribution in [2.75, 3.05) is 0 Å². The molecule has 1 saturated carbocycles. The Bertz CT molecular complexity index is 366. The predicted octanol–water partition coefficient (Wildman–Crippen LogP) is 7.12. The fraction of sp³-hybridized carbons (Fsp3) is 0.905. The van der Waals surface area contributed by atoms with Crippen molar-refractivity contribution >= 4 is 37.9 Å². The summed E-state index contributed by atoms with van der Waals surface area (Å²) in [6.07, 6.45) is 9.89. The second-order valence-electron chi connectivity index (χ2n) is 8.36. The molecular formula is C21H40S3. The molecule has 6 unspecified atom stereocenters. The zero-order chi connectivity index (χ0) is 18.3. The average molecular weight is 389 g/mol. The minimum Gasteiger partial charge on any atom is -0.176 e. The number of allylic oxidation sites excluding steroid dienone is 1. The van der Waals surface area contributed by atoms with Crippen LogP contribution in [0.15, 0.2) is 12.2 Å². The summed E-state index contributed by atoms with van der Waals surface area (Å²) in [7, 11) is 0. The lowest BCUT2D eigenvalue weighted by Crippen LogP contribution is -2.27. The van der Waals surface area contributed by atoms with Gasteiger partial charge in [-0.05, 0) is 75.0 Å². The second-order valence-corrected chi connectivity index (χ2v) is 10.3. The van der Waals surface area contributed by atoms with Crippen LogP contribution in [0.1, 0.15) is 79.1 Å². The summed E-state index contributed by atoms with van der Waals surface area (Å²) in [5.74, 6) is 2.81. The third kappa shape index (κ3) is 7.58. The predicted molar refractivity (Wildman–Crippen MR) is 121 cm³/mol. The van der Waals surface area contributed by atoms with Crippen LogP contribution in [-0.4, -0.2) is 15.7 Å². The van der Waals surface area contributed by atoms with Crippen molar-refractivity contribution in [3.8, 4) is 0 Å². The quantitative estimate of drug-likeness (QED) is 0.257. The number of hydrogen-bond acceptors (Lipinski definition) is 3. The molecule has 0 nitrogen and oxygen atoms in total. The Labute approximate surface area is 168 Å². The summed E-state index contributed by atoms with van der Waals surface area (Å²) in [4.78, 5) is 0. The normalized spacial score (nSPS) is 28.6. The van der Waals surface area contributed by atoms with E-state index in [2.05, 4.69) is 34.3 Å². The monoisotopic (exact) mass is 388 g/mol. The van der Waals surface area contributed by atoms with E-state index < -0.39 is 0 Å². The zero-order valence-corrected chi connectivity index (χ0v) is 18.9. The summed E-state index contributed by atoms with van der Waals surface area (Å²) in [6, 6.07) is 0. The minimum atomic E-state index is 0.507. The number of rotatable bonds is 10. The van der Waals surface area contributed by atoms with Crippen molar-refractivity contribution < 1.29 is 0 Å². The van der Waals surface area contributed by atoms with Crippen molar-refractivity contribution in [1.29, 1.82) is 0 Å². The molecule has 0 bridgehead atoms. The first-order valence-corrected chi connectivity index (χ1v) is 11.5. The molecule has 1 aliphatic rings. The highest BCUT2D eigenvalue weighted by atomic mass is 32.1. The van der Waals surface area contributed by atoms with Gasteiger partial charge in [0.25, 0.3) is 0 Å². The van der Waals surface area contributed by atoms with E-state index in [9.17, 15) is 0 Å². The summed E-state index contributed by atoms with van der Waals surface area (Å²) in [5, 5.41) is 1.60. The van der Waals surface area contributed by atoms with E-state index in [0.717, 1.165) is 18.3 Å². The minimum absolute atomic E-state index is 0.507. The molecule has 0 aromatic carbocycles. The van der Waals surface area contributed by atoms with Crippen molar-refractivity contribution in [1.82, 2.24) is 0 Å². The van der Waals surface area contributed by atoms with E-state index in [1.807, 2.05) is 0 Å². The van der Waals surface area contributed by atoms with Crippen LogP contribution in [-0.2, 0) is 0 Å². The van der Waals surface area contributed by atoms with Gasteiger partial charge in [0.1, 0.15) is 0 Å². The standard InChI is InChI=1S/C21H40S3/c1-6-15(4)17-8-12-21(24)18(13-17)9-11-20(23)16(5)7-10-19(22)14(2)3/h14,16-24H,4,6-13H2,1-3,5H3. The first-order chi connectivity index (χ1) is 11.3. The summed E-state index contributed by atoms with van der Waals surface area (Å²) in [6.45, 7) is 13.4. The molecule has 3 heteroatoms. The molecule has 0 amide bonds. The highest BCUT2D eigenvalue weighted by molar-refractivity contribution is 7.81. The SMILES string of the molecule is C=C(CC)C1CCC(S)C(CCC(S)C(C)CCC(S)C(C)C)C1. The summed E-state index contributed by atoms with van der Waals surface area (Å²) >= 11 is 14.5. The van der Waals surface area contributed by atoms with E-state index in [1.54, 1.807) is 0 Å². The Morgan fingerprint density at radius 2 is 1.71 bits per heavy atom. The molecule has 142 valence electrons. The van der Waals surface area contributed by atoms with E-state index in [1.165, 1.54) is 50.5 Å². The smallest absolute Gasteiger partial charge is 0.00455 e. The van der Waals surface area contributed by atoms with Crippen LogP contribution < -0.4 is 0 Å². The molecule has 1 aliphatic carbocycles. The van der Waals surface area contributed by atoms with Gasteiger partial charge in [-0.25, -0.2) is 0 Å². The van der Waals surface area contributed by atoms with Crippen LogP contribution in [0.5, 0.6) is 0 Å². The topological polar surface area (TPSA) is 0 Å². The Hall–Kier alpha value is 0.790. The molecule has 0 aliphatic heterocycles. The van der Waals surface area contributed by atoms with E-state index in [0.29, 0.717) is 27.6 Å². The van der Waals surface area contributed by atoms with Crippen molar-refractivity contribution in [3.63, 3.8) is 0 Å². The third-order valence-electron chi connectivity index (χ3n) is 6.15. The average Bonchev–Trinajstić information content (AvgIpc) is 2.57. The Morgan fingerprint density at radius 1 is 1.04 bits per heavy atom. The van der Waals surface area contributed by atoms with Gasteiger partial charge in [0, 0.05) is 15.7 Å². The third-order valence-corrected chi connectivity index (χ3v) is 8.45. The lowest BCUT2D eigenvalue weighted by Gasteiger charge is -2.35. The van der Waals surface area contributed by atoms with Crippen LogP contribution in [0.4, 0.5) is 0 Å². The van der Waals surface area contributed by atoms with Crippen molar-refractivity contribution in [3.05, 3.63) is 12.2 Å². The molecule has 6 atom stereocenters. The number of hydrogen-bond donors (Lipinski definition) is 3. The number of thiol groups is 3. The summed E-state index contributed by atoms with van der Waals surface area (Å²) in [5.41, 5.74) is 1.45. The van der Waals surface area contributed by atoms with Crippen LogP contribution in [0, 0.1) is 23.7 Å². The highest BCUT2D eigenvalue weighted by Gasteiger charge is 2.29. The van der Waals surface area contributed by atoms with Gasteiger partial charge in [-0.3, -0.25) is 0 Å². The molecule has 0 aromatic heterocycles. The Balaban J connectivity index is 2.38. The van der Waals surface area contributed by atoms with Gasteiger partial charge < -0.3 is 0 Å². The van der Waals surface area contributed by atoms with Crippen LogP contribution in [0.25, 0.3) is 0 Å². The molecule has 0 radical (unpaired) electrons. The maximum atomic E-state index is 4.92. The maximum absolute atomic E-state index is 4.92. The molecule has 0 spiro atoms. The maximum Gasteiger partial charge on any atom is 0.00455 e. The first-order valence-electron chi connectivity index (χ1n) is 9.98. The lowest BCUT2D eigenvalue weighted by molar-refractivity contribution is 0.279. The summed E-state index contributed by atoms with van der Waals surface area (Å²) < 4.78 is 0. The largest absolute Gasteiger partial charge is 0.176 e. The molecule has 0 aromatic rings. The van der Waals surface area contributed by atoms with Gasteiger partial charge in [-0.15, -0.1) is 0 Å². The first kappa shape index (κ1) is 22.8. The van der Waals surface area contributed by atoms with Crippen LogP contribution >= 0.6 is 37.9 Å². The van der Waals surface area contributed by atoms with Crippen LogP contribution in [0.3, 0.4) is 0 Å². The Kier molecular flexibility index (Phi) is 10.9. The molecule has 1 fully saturated rings. The van der Waals surface area contributed by atoms with Crippen LogP contribution in [0.2, 0.25) is 0 Å². The Morgan fingerprint density at radius 3 is 2.29 bits per heavy atom. The van der Waals surface area contributed by atoms with Gasteiger partial charge in [0.05, 0.1) is 0 Å². The molecule has 0 saturated heterocycles. The second kappa shape index (κ2) is 11.5. The molecule has 0 N–H and O–H groups in total. The van der Waals surface area contributed by atoms with Gasteiger partial charge in [0.2, 0.25) is 0 Å². The van der Waals surface area contributed by atoms with Crippen molar-refractivity contribution in [2.24, 2.45) is 23.7 Å². The zero-order valence-electron chi connectivity index (χ0n) is 16.2. The van der Waals surface area contributed by atoms with Gasteiger partial charge >= 0.3 is 0 Å². The fourth-order valence-corrected chi connectivity index (χ4v) is 4.71. The van der Waals surface area contributed by atoms with Crippen molar-refractivity contribution in [2.45, 2.75) is 94.8 Å². The van der Waals surface area contributed by atoms with Gasteiger partial charge in [0.15, 0.2) is 0 Å². The van der Waals surface area contributed by atoms with E-state index in [-0.39, 0.29) is 0 Å². The molecule has 24 heavy (non-hydrogen) atoms. The lowest BCUT2D eigenvalue weighted by atomic mass is 9.75. The highest BCUT2D eigenvalue weighted by Crippen LogP contribution is 2.39. The van der Waals surface area contributed by atoms with Gasteiger partial charge in [-0.1, -0.05) is 39.8 Å². The van der Waals surface area contributed by atoms with E-state index in [4.69, 9.17) is 37.9 Å².